The molecule has 0 aliphatic carbocycles. The van der Waals surface area contributed by atoms with Gasteiger partial charge in [0.15, 0.2) is 0 Å². The minimum Gasteiger partial charge on any atom is -0.468 e. The van der Waals surface area contributed by atoms with Gasteiger partial charge in [-0.3, -0.25) is 4.90 Å². The van der Waals surface area contributed by atoms with E-state index in [0.717, 1.165) is 24.5 Å². The SMILES string of the molecule is CC(C)[C@@H](C)N(Cc1cnc[nH]1)Cc1ccco1. The molecular weight excluding hydrogens is 226 g/mol. The van der Waals surface area contributed by atoms with Crippen LogP contribution in [0.4, 0.5) is 0 Å². The number of rotatable bonds is 6. The average Bonchev–Trinajstić information content (AvgIpc) is 2.99. The Labute approximate surface area is 108 Å². The van der Waals surface area contributed by atoms with Gasteiger partial charge < -0.3 is 9.40 Å². The van der Waals surface area contributed by atoms with Crippen LogP contribution in [0.3, 0.4) is 0 Å². The van der Waals surface area contributed by atoms with Crippen molar-refractivity contribution < 1.29 is 4.42 Å². The third-order valence-corrected chi connectivity index (χ3v) is 3.41. The second kappa shape index (κ2) is 5.87. The topological polar surface area (TPSA) is 45.1 Å². The molecule has 0 saturated carbocycles. The van der Waals surface area contributed by atoms with Crippen LogP contribution < -0.4 is 0 Å². The van der Waals surface area contributed by atoms with Crippen LogP contribution in [-0.4, -0.2) is 20.9 Å². The minimum atomic E-state index is 0.485. The lowest BCUT2D eigenvalue weighted by molar-refractivity contribution is 0.139. The zero-order chi connectivity index (χ0) is 13.0. The summed E-state index contributed by atoms with van der Waals surface area (Å²) in [6.07, 6.45) is 5.33. The second-order valence-corrected chi connectivity index (χ2v) is 5.05. The minimum absolute atomic E-state index is 0.485. The first kappa shape index (κ1) is 12.9. The van der Waals surface area contributed by atoms with Crippen molar-refractivity contribution in [2.24, 2.45) is 5.92 Å². The number of furan rings is 1. The zero-order valence-electron chi connectivity index (χ0n) is 11.3. The van der Waals surface area contributed by atoms with E-state index in [1.165, 1.54) is 0 Å². The van der Waals surface area contributed by atoms with Gasteiger partial charge >= 0.3 is 0 Å². The van der Waals surface area contributed by atoms with Crippen molar-refractivity contribution in [1.29, 1.82) is 0 Å². The normalized spacial score (nSPS) is 13.4. The molecule has 0 aliphatic rings. The van der Waals surface area contributed by atoms with Crippen LogP contribution in [0.15, 0.2) is 35.3 Å². The van der Waals surface area contributed by atoms with Gasteiger partial charge in [0, 0.05) is 24.5 Å². The van der Waals surface area contributed by atoms with Gasteiger partial charge in [0.2, 0.25) is 0 Å². The molecule has 2 heterocycles. The van der Waals surface area contributed by atoms with E-state index in [1.54, 1.807) is 12.6 Å². The molecule has 2 aromatic rings. The Balaban J connectivity index is 2.07. The van der Waals surface area contributed by atoms with Crippen molar-refractivity contribution >= 4 is 0 Å². The fourth-order valence-corrected chi connectivity index (χ4v) is 1.96. The Hall–Kier alpha value is -1.55. The van der Waals surface area contributed by atoms with E-state index in [4.69, 9.17) is 4.42 Å². The monoisotopic (exact) mass is 247 g/mol. The lowest BCUT2D eigenvalue weighted by atomic mass is 10.0. The molecule has 4 nitrogen and oxygen atoms in total. The fourth-order valence-electron chi connectivity index (χ4n) is 1.96. The molecule has 1 N–H and O–H groups in total. The van der Waals surface area contributed by atoms with Gasteiger partial charge in [-0.05, 0) is 25.0 Å². The third-order valence-electron chi connectivity index (χ3n) is 3.41. The molecule has 98 valence electrons. The Morgan fingerprint density at radius 3 is 2.72 bits per heavy atom. The number of imidazole rings is 1. The maximum atomic E-state index is 5.45. The third kappa shape index (κ3) is 3.23. The standard InChI is InChI=1S/C14H21N3O/c1-11(2)12(3)17(8-13-7-15-10-16-13)9-14-5-4-6-18-14/h4-7,10-12H,8-9H2,1-3H3,(H,15,16)/t12-/m1/s1. The molecule has 18 heavy (non-hydrogen) atoms. The van der Waals surface area contributed by atoms with E-state index < -0.39 is 0 Å². The zero-order valence-corrected chi connectivity index (χ0v) is 11.3. The van der Waals surface area contributed by atoms with Crippen molar-refractivity contribution in [3.05, 3.63) is 42.4 Å². The van der Waals surface area contributed by atoms with Crippen molar-refractivity contribution in [3.8, 4) is 0 Å². The lowest BCUT2D eigenvalue weighted by Crippen LogP contribution is -2.35. The van der Waals surface area contributed by atoms with E-state index in [-0.39, 0.29) is 0 Å². The molecule has 4 heteroatoms. The van der Waals surface area contributed by atoms with E-state index >= 15 is 0 Å². The summed E-state index contributed by atoms with van der Waals surface area (Å²) in [5.74, 6) is 1.60. The molecule has 0 bridgehead atoms. The Kier molecular flexibility index (Phi) is 4.20. The average molecular weight is 247 g/mol. The Bertz CT molecular complexity index is 397. The number of aromatic nitrogens is 2. The molecule has 0 aliphatic heterocycles. The number of nitrogens with zero attached hydrogens (tertiary/aromatic N) is 2. The summed E-state index contributed by atoms with van der Waals surface area (Å²) in [4.78, 5) is 9.63. The number of hydrogen-bond acceptors (Lipinski definition) is 3. The quantitative estimate of drug-likeness (QED) is 0.853. The molecule has 0 fully saturated rings. The highest BCUT2D eigenvalue weighted by molar-refractivity contribution is 5.00. The molecule has 0 amide bonds. The van der Waals surface area contributed by atoms with Crippen LogP contribution in [-0.2, 0) is 13.1 Å². The number of aromatic amines is 1. The molecule has 1 atom stereocenters. The summed E-state index contributed by atoms with van der Waals surface area (Å²) in [5.41, 5.74) is 1.13. The van der Waals surface area contributed by atoms with Crippen LogP contribution in [0.2, 0.25) is 0 Å². The van der Waals surface area contributed by atoms with Gasteiger partial charge in [0.05, 0.1) is 19.1 Å². The first-order valence-electron chi connectivity index (χ1n) is 6.40. The van der Waals surface area contributed by atoms with Crippen LogP contribution in [0.5, 0.6) is 0 Å². The second-order valence-electron chi connectivity index (χ2n) is 5.05. The van der Waals surface area contributed by atoms with Gasteiger partial charge in [0.25, 0.3) is 0 Å². The highest BCUT2D eigenvalue weighted by Gasteiger charge is 2.19. The molecule has 2 aromatic heterocycles. The van der Waals surface area contributed by atoms with Gasteiger partial charge in [-0.15, -0.1) is 0 Å². The largest absolute Gasteiger partial charge is 0.468 e. The highest BCUT2D eigenvalue weighted by atomic mass is 16.3. The van der Waals surface area contributed by atoms with Crippen molar-refractivity contribution in [2.75, 3.05) is 0 Å². The highest BCUT2D eigenvalue weighted by Crippen LogP contribution is 2.17. The van der Waals surface area contributed by atoms with Crippen LogP contribution in [0.25, 0.3) is 0 Å². The van der Waals surface area contributed by atoms with Gasteiger partial charge in [0.1, 0.15) is 5.76 Å². The molecule has 0 aromatic carbocycles. The van der Waals surface area contributed by atoms with Gasteiger partial charge in [-0.25, -0.2) is 4.98 Å². The summed E-state index contributed by atoms with van der Waals surface area (Å²) >= 11 is 0. The first-order chi connectivity index (χ1) is 8.66. The lowest BCUT2D eigenvalue weighted by Gasteiger charge is -2.30. The van der Waals surface area contributed by atoms with Gasteiger partial charge in [-0.2, -0.15) is 0 Å². The van der Waals surface area contributed by atoms with Crippen LogP contribution >= 0.6 is 0 Å². The Morgan fingerprint density at radius 1 is 1.33 bits per heavy atom. The summed E-state index contributed by atoms with van der Waals surface area (Å²) in [7, 11) is 0. The number of nitrogens with one attached hydrogen (secondary N) is 1. The number of H-pyrrole nitrogens is 1. The van der Waals surface area contributed by atoms with Gasteiger partial charge in [-0.1, -0.05) is 13.8 Å². The maximum Gasteiger partial charge on any atom is 0.117 e. The molecule has 0 unspecified atom stereocenters. The van der Waals surface area contributed by atoms with E-state index in [1.807, 2.05) is 18.3 Å². The van der Waals surface area contributed by atoms with E-state index in [9.17, 15) is 0 Å². The first-order valence-corrected chi connectivity index (χ1v) is 6.40. The molecule has 0 radical (unpaired) electrons. The van der Waals surface area contributed by atoms with Crippen LogP contribution in [0, 0.1) is 5.92 Å². The van der Waals surface area contributed by atoms with E-state index in [2.05, 4.69) is 35.6 Å². The van der Waals surface area contributed by atoms with Crippen LogP contribution in [0.1, 0.15) is 32.2 Å². The molecule has 0 spiro atoms. The summed E-state index contributed by atoms with van der Waals surface area (Å²) in [5, 5.41) is 0. The maximum absolute atomic E-state index is 5.45. The van der Waals surface area contributed by atoms with E-state index in [0.29, 0.717) is 12.0 Å². The smallest absolute Gasteiger partial charge is 0.117 e. The number of hydrogen-bond donors (Lipinski definition) is 1. The summed E-state index contributed by atoms with van der Waals surface area (Å²) in [6, 6.07) is 4.44. The van der Waals surface area contributed by atoms with Crippen molar-refractivity contribution in [1.82, 2.24) is 14.9 Å². The predicted molar refractivity (Wildman–Crippen MR) is 70.8 cm³/mol. The van der Waals surface area contributed by atoms with Crippen molar-refractivity contribution in [2.45, 2.75) is 39.9 Å². The summed E-state index contributed by atoms with van der Waals surface area (Å²) in [6.45, 7) is 8.43. The molecule has 0 saturated heterocycles. The Morgan fingerprint density at radius 2 is 2.17 bits per heavy atom. The molecule has 2 rings (SSSR count). The fraction of sp³-hybridized carbons (Fsp3) is 0.500. The summed E-state index contributed by atoms with van der Waals surface area (Å²) < 4.78 is 5.45. The van der Waals surface area contributed by atoms with Crippen molar-refractivity contribution in [3.63, 3.8) is 0 Å². The molecular formula is C14H21N3O. The predicted octanol–water partition coefficient (Wildman–Crippen LogP) is 3.05.